The highest BCUT2D eigenvalue weighted by Crippen LogP contribution is 2.26. The van der Waals surface area contributed by atoms with Gasteiger partial charge in [0.2, 0.25) is 5.91 Å². The summed E-state index contributed by atoms with van der Waals surface area (Å²) >= 11 is 0. The lowest BCUT2D eigenvalue weighted by atomic mass is 9.88. The zero-order chi connectivity index (χ0) is 12.2. The molecule has 2 N–H and O–H groups in total. The predicted molar refractivity (Wildman–Crippen MR) is 64.1 cm³/mol. The summed E-state index contributed by atoms with van der Waals surface area (Å²) in [5.41, 5.74) is -0.609. The first-order chi connectivity index (χ1) is 7.52. The van der Waals surface area contributed by atoms with E-state index in [1.165, 1.54) is 0 Å². The lowest BCUT2D eigenvalue weighted by molar-refractivity contribution is -0.160. The fraction of sp³-hybridized carbons (Fsp3) is 0.917. The Hall–Kier alpha value is -0.610. The Bertz CT molecular complexity index is 237. The molecule has 0 bridgehead atoms. The van der Waals surface area contributed by atoms with Crippen molar-refractivity contribution in [2.45, 2.75) is 39.2 Å². The van der Waals surface area contributed by atoms with Crippen LogP contribution in [0, 0.1) is 5.92 Å². The molecule has 0 aromatic rings. The Balaban J connectivity index is 2.30. The van der Waals surface area contributed by atoms with Gasteiger partial charge in [0.25, 0.3) is 0 Å². The van der Waals surface area contributed by atoms with Crippen LogP contribution < -0.4 is 5.32 Å². The first-order valence-corrected chi connectivity index (χ1v) is 6.24. The lowest BCUT2D eigenvalue weighted by Gasteiger charge is -2.47. The van der Waals surface area contributed by atoms with Crippen molar-refractivity contribution in [2.75, 3.05) is 26.2 Å². The molecule has 1 atom stereocenters. The third-order valence-corrected chi connectivity index (χ3v) is 3.12. The van der Waals surface area contributed by atoms with Gasteiger partial charge < -0.3 is 15.3 Å². The summed E-state index contributed by atoms with van der Waals surface area (Å²) in [7, 11) is 0. The van der Waals surface area contributed by atoms with Gasteiger partial charge in [-0.2, -0.15) is 0 Å². The third-order valence-electron chi connectivity index (χ3n) is 3.12. The van der Waals surface area contributed by atoms with Crippen molar-refractivity contribution in [3.63, 3.8) is 0 Å². The fourth-order valence-corrected chi connectivity index (χ4v) is 2.20. The number of β-amino-alcohol motifs (C(OH)–C–C–N with tert-alkyl or cyclic N) is 1. The van der Waals surface area contributed by atoms with E-state index < -0.39 is 5.60 Å². The van der Waals surface area contributed by atoms with Crippen LogP contribution in [0.2, 0.25) is 0 Å². The number of hydrogen-bond donors (Lipinski definition) is 2. The molecule has 1 rings (SSSR count). The van der Waals surface area contributed by atoms with Gasteiger partial charge in [-0.15, -0.1) is 0 Å². The molecule has 1 aliphatic rings. The van der Waals surface area contributed by atoms with Crippen molar-refractivity contribution >= 4 is 5.91 Å². The second kappa shape index (κ2) is 5.64. The van der Waals surface area contributed by atoms with Crippen molar-refractivity contribution in [1.29, 1.82) is 0 Å². The van der Waals surface area contributed by atoms with Crippen LogP contribution in [0.5, 0.6) is 0 Å². The van der Waals surface area contributed by atoms with Crippen molar-refractivity contribution in [3.8, 4) is 0 Å². The van der Waals surface area contributed by atoms with Gasteiger partial charge in [-0.3, -0.25) is 4.79 Å². The monoisotopic (exact) mass is 228 g/mol. The third kappa shape index (κ3) is 3.19. The van der Waals surface area contributed by atoms with Crippen LogP contribution in [0.15, 0.2) is 0 Å². The molecule has 0 spiro atoms. The molecule has 4 heteroatoms. The van der Waals surface area contributed by atoms with Gasteiger partial charge in [-0.05, 0) is 13.0 Å². The smallest absolute Gasteiger partial charge is 0.226 e. The number of hydrogen-bond acceptors (Lipinski definition) is 3. The van der Waals surface area contributed by atoms with E-state index in [9.17, 15) is 9.90 Å². The Labute approximate surface area is 98.0 Å². The highest BCUT2D eigenvalue weighted by atomic mass is 16.3. The number of carbonyl (C=O) groups excluding carboxylic acids is 1. The molecule has 0 aromatic heterocycles. The van der Waals surface area contributed by atoms with Gasteiger partial charge >= 0.3 is 0 Å². The molecule has 94 valence electrons. The maximum absolute atomic E-state index is 11.9. The SMILES string of the molecule is CCCC1(O)CN(C(=O)C(C)CNCC)C1. The maximum Gasteiger partial charge on any atom is 0.226 e. The summed E-state index contributed by atoms with van der Waals surface area (Å²) in [4.78, 5) is 13.7. The van der Waals surface area contributed by atoms with Crippen molar-refractivity contribution in [1.82, 2.24) is 10.2 Å². The Morgan fingerprint density at radius 1 is 1.50 bits per heavy atom. The largest absolute Gasteiger partial charge is 0.386 e. The lowest BCUT2D eigenvalue weighted by Crippen LogP contribution is -2.64. The van der Waals surface area contributed by atoms with Crippen molar-refractivity contribution in [3.05, 3.63) is 0 Å². The van der Waals surface area contributed by atoms with Gasteiger partial charge in [0.1, 0.15) is 0 Å². The molecule has 0 radical (unpaired) electrons. The zero-order valence-corrected chi connectivity index (χ0v) is 10.6. The van der Waals surface area contributed by atoms with E-state index in [2.05, 4.69) is 12.2 Å². The molecule has 1 unspecified atom stereocenters. The topological polar surface area (TPSA) is 52.6 Å². The molecule has 0 aromatic carbocycles. The van der Waals surface area contributed by atoms with Crippen LogP contribution in [-0.4, -0.2) is 47.7 Å². The average Bonchev–Trinajstić information content (AvgIpc) is 2.21. The molecule has 16 heavy (non-hydrogen) atoms. The number of likely N-dealkylation sites (tertiary alicyclic amines) is 1. The number of aliphatic hydroxyl groups is 1. The minimum absolute atomic E-state index is 0.00567. The summed E-state index contributed by atoms with van der Waals surface area (Å²) in [5.74, 6) is 0.160. The van der Waals surface area contributed by atoms with Crippen LogP contribution in [0.25, 0.3) is 0 Å². The van der Waals surface area contributed by atoms with E-state index in [1.54, 1.807) is 4.90 Å². The van der Waals surface area contributed by atoms with Crippen LogP contribution in [0.1, 0.15) is 33.6 Å². The average molecular weight is 228 g/mol. The quantitative estimate of drug-likeness (QED) is 0.700. The summed E-state index contributed by atoms with van der Waals surface area (Å²) in [5, 5.41) is 13.1. The van der Waals surface area contributed by atoms with Gasteiger partial charge in [0, 0.05) is 12.5 Å². The predicted octanol–water partition coefficient (Wildman–Crippen LogP) is 0.605. The number of amides is 1. The van der Waals surface area contributed by atoms with E-state index in [0.717, 1.165) is 25.9 Å². The second-order valence-corrected chi connectivity index (χ2v) is 4.88. The standard InChI is InChI=1S/C12H24N2O2/c1-4-6-12(16)8-14(9-12)11(15)10(3)7-13-5-2/h10,13,16H,4-9H2,1-3H3. The van der Waals surface area contributed by atoms with Gasteiger partial charge in [0.15, 0.2) is 0 Å². The Kier molecular flexibility index (Phi) is 4.74. The van der Waals surface area contributed by atoms with Crippen LogP contribution in [-0.2, 0) is 4.79 Å². The van der Waals surface area contributed by atoms with E-state index >= 15 is 0 Å². The highest BCUT2D eigenvalue weighted by molar-refractivity contribution is 5.79. The number of carbonyl (C=O) groups is 1. The summed E-state index contributed by atoms with van der Waals surface area (Å²) in [6.07, 6.45) is 1.75. The normalized spacial score (nSPS) is 20.4. The summed E-state index contributed by atoms with van der Waals surface area (Å²) in [6, 6.07) is 0. The molecule has 1 saturated heterocycles. The van der Waals surface area contributed by atoms with Crippen LogP contribution in [0.3, 0.4) is 0 Å². The minimum atomic E-state index is -0.609. The summed E-state index contributed by atoms with van der Waals surface area (Å²) in [6.45, 7) is 8.64. The van der Waals surface area contributed by atoms with Crippen LogP contribution >= 0.6 is 0 Å². The molecule has 1 fully saturated rings. The molecule has 0 saturated carbocycles. The zero-order valence-electron chi connectivity index (χ0n) is 10.6. The molecule has 1 aliphatic heterocycles. The highest BCUT2D eigenvalue weighted by Gasteiger charge is 2.43. The van der Waals surface area contributed by atoms with E-state index in [-0.39, 0.29) is 11.8 Å². The van der Waals surface area contributed by atoms with Gasteiger partial charge in [-0.1, -0.05) is 27.2 Å². The number of nitrogens with zero attached hydrogens (tertiary/aromatic N) is 1. The first kappa shape index (κ1) is 13.5. The molecule has 0 aliphatic carbocycles. The van der Waals surface area contributed by atoms with E-state index in [0.29, 0.717) is 13.1 Å². The van der Waals surface area contributed by atoms with E-state index in [1.807, 2.05) is 13.8 Å². The summed E-state index contributed by atoms with van der Waals surface area (Å²) < 4.78 is 0. The van der Waals surface area contributed by atoms with Crippen molar-refractivity contribution < 1.29 is 9.90 Å². The molecule has 1 heterocycles. The molecular weight excluding hydrogens is 204 g/mol. The molecule has 4 nitrogen and oxygen atoms in total. The van der Waals surface area contributed by atoms with Gasteiger partial charge in [0.05, 0.1) is 18.7 Å². The maximum atomic E-state index is 11.9. The Morgan fingerprint density at radius 2 is 2.12 bits per heavy atom. The van der Waals surface area contributed by atoms with Gasteiger partial charge in [-0.25, -0.2) is 0 Å². The minimum Gasteiger partial charge on any atom is -0.386 e. The fourth-order valence-electron chi connectivity index (χ4n) is 2.20. The first-order valence-electron chi connectivity index (χ1n) is 6.24. The Morgan fingerprint density at radius 3 is 2.62 bits per heavy atom. The number of nitrogens with one attached hydrogen (secondary N) is 1. The number of rotatable bonds is 6. The van der Waals surface area contributed by atoms with Crippen molar-refractivity contribution in [2.24, 2.45) is 5.92 Å². The molecular formula is C12H24N2O2. The molecule has 1 amide bonds. The van der Waals surface area contributed by atoms with E-state index in [4.69, 9.17) is 0 Å². The van der Waals surface area contributed by atoms with Crippen LogP contribution in [0.4, 0.5) is 0 Å². The second-order valence-electron chi connectivity index (χ2n) is 4.88.